The highest BCUT2D eigenvalue weighted by Crippen LogP contribution is 2.29. The Balaban J connectivity index is 1.23. The van der Waals surface area contributed by atoms with Crippen molar-refractivity contribution >= 4 is 11.6 Å². The molecule has 0 bridgehead atoms. The van der Waals surface area contributed by atoms with Gasteiger partial charge < -0.3 is 24.1 Å². The number of nitrogens with one attached hydrogen (secondary N) is 1. The van der Waals surface area contributed by atoms with Crippen molar-refractivity contribution in [3.8, 4) is 28.5 Å². The molecule has 35 heavy (non-hydrogen) atoms. The number of morpholine rings is 1. The maximum atomic E-state index is 12.4. The van der Waals surface area contributed by atoms with Crippen molar-refractivity contribution in [2.75, 3.05) is 45.3 Å². The van der Waals surface area contributed by atoms with Gasteiger partial charge in [-0.3, -0.25) is 4.79 Å². The highest BCUT2D eigenvalue weighted by molar-refractivity contribution is 5.81. The number of nitrogens with zero attached hydrogens (tertiary/aromatic N) is 5. The van der Waals surface area contributed by atoms with Gasteiger partial charge in [-0.25, -0.2) is 9.67 Å². The van der Waals surface area contributed by atoms with Crippen molar-refractivity contribution < 1.29 is 18.7 Å². The number of hydrogen-bond acceptors (Lipinski definition) is 8. The summed E-state index contributed by atoms with van der Waals surface area (Å²) in [5.41, 5.74) is 3.98. The van der Waals surface area contributed by atoms with Gasteiger partial charge in [-0.1, -0.05) is 29.5 Å². The number of amides is 1. The highest BCUT2D eigenvalue weighted by Gasteiger charge is 2.17. The molecule has 2 aromatic heterocycles. The maximum absolute atomic E-state index is 12.4. The molecule has 3 heterocycles. The Hall–Kier alpha value is -4.18. The largest absolute Gasteiger partial charge is 0.496 e. The molecular weight excluding hydrogens is 448 g/mol. The van der Waals surface area contributed by atoms with Crippen LogP contribution in [0.3, 0.4) is 0 Å². The molecule has 10 nitrogen and oxygen atoms in total. The Morgan fingerprint density at radius 2 is 2.00 bits per heavy atom. The lowest BCUT2D eigenvalue weighted by Crippen LogP contribution is -2.43. The van der Waals surface area contributed by atoms with Gasteiger partial charge in [0.25, 0.3) is 0 Å². The van der Waals surface area contributed by atoms with Crippen LogP contribution in [0, 0.1) is 0 Å². The monoisotopic (exact) mass is 474 g/mol. The Morgan fingerprint density at radius 1 is 1.14 bits per heavy atom. The normalized spacial score (nSPS) is 13.6. The van der Waals surface area contributed by atoms with E-state index in [1.165, 1.54) is 0 Å². The molecule has 1 amide bonds. The minimum atomic E-state index is 0.0600. The number of rotatable bonds is 8. The molecule has 0 radical (unpaired) electrons. The van der Waals surface area contributed by atoms with Crippen molar-refractivity contribution in [2.45, 2.75) is 6.54 Å². The number of anilines is 1. The van der Waals surface area contributed by atoms with Crippen LogP contribution in [0.1, 0.15) is 5.69 Å². The van der Waals surface area contributed by atoms with Gasteiger partial charge in [-0.05, 0) is 24.3 Å². The number of methoxy groups -OCH3 is 1. The fourth-order valence-electron chi connectivity index (χ4n) is 3.89. The number of para-hydroxylation sites is 1. The molecule has 0 saturated carbocycles. The molecule has 0 aliphatic carbocycles. The molecule has 1 fully saturated rings. The van der Waals surface area contributed by atoms with Crippen molar-refractivity contribution in [1.29, 1.82) is 0 Å². The highest BCUT2D eigenvalue weighted by atomic mass is 16.5. The second-order valence-corrected chi connectivity index (χ2v) is 8.07. The van der Waals surface area contributed by atoms with Crippen LogP contribution in [0.2, 0.25) is 0 Å². The van der Waals surface area contributed by atoms with Gasteiger partial charge in [0.2, 0.25) is 11.8 Å². The van der Waals surface area contributed by atoms with Crippen LogP contribution in [0.4, 0.5) is 5.69 Å². The SMILES string of the molecule is COc1ccccc1-c1nc(Cn2cc(-c3cccc(NCC(=O)N4CCOCC4)c3)nn2)co1. The summed E-state index contributed by atoms with van der Waals surface area (Å²) < 4.78 is 18.1. The van der Waals surface area contributed by atoms with Gasteiger partial charge in [-0.2, -0.15) is 0 Å². The topological polar surface area (TPSA) is 108 Å². The molecule has 1 aliphatic rings. The van der Waals surface area contributed by atoms with E-state index in [0.29, 0.717) is 44.5 Å². The van der Waals surface area contributed by atoms with E-state index in [0.717, 1.165) is 28.2 Å². The Labute approximate surface area is 202 Å². The molecule has 1 N–H and O–H groups in total. The van der Waals surface area contributed by atoms with Crippen LogP contribution in [-0.4, -0.2) is 70.7 Å². The quantitative estimate of drug-likeness (QED) is 0.415. The van der Waals surface area contributed by atoms with Crippen LogP contribution in [0.15, 0.2) is 65.4 Å². The van der Waals surface area contributed by atoms with Gasteiger partial charge in [0.1, 0.15) is 23.4 Å². The van der Waals surface area contributed by atoms with Crippen molar-refractivity contribution in [2.24, 2.45) is 0 Å². The van der Waals surface area contributed by atoms with Crippen molar-refractivity contribution in [1.82, 2.24) is 24.9 Å². The number of aromatic nitrogens is 4. The summed E-state index contributed by atoms with van der Waals surface area (Å²) in [7, 11) is 1.62. The average Bonchev–Trinajstić information content (AvgIpc) is 3.58. The van der Waals surface area contributed by atoms with E-state index < -0.39 is 0 Å². The summed E-state index contributed by atoms with van der Waals surface area (Å²) >= 11 is 0. The molecule has 180 valence electrons. The molecule has 5 rings (SSSR count). The standard InChI is InChI=1S/C25H26N6O4/c1-33-23-8-3-2-7-21(23)25-27-20(17-35-25)15-31-16-22(28-29-31)18-5-4-6-19(13-18)26-14-24(32)30-9-11-34-12-10-30/h2-8,13,16-17,26H,9-12,14-15H2,1H3. The van der Waals surface area contributed by atoms with E-state index in [2.05, 4.69) is 20.6 Å². The van der Waals surface area contributed by atoms with E-state index in [-0.39, 0.29) is 12.5 Å². The first-order valence-electron chi connectivity index (χ1n) is 11.4. The summed E-state index contributed by atoms with van der Waals surface area (Å²) in [4.78, 5) is 18.8. The van der Waals surface area contributed by atoms with Gasteiger partial charge >= 0.3 is 0 Å². The number of oxazole rings is 1. The zero-order chi connectivity index (χ0) is 24.0. The number of carbonyl (C=O) groups is 1. The first-order valence-corrected chi connectivity index (χ1v) is 11.4. The number of carbonyl (C=O) groups excluding carboxylic acids is 1. The van der Waals surface area contributed by atoms with Gasteiger partial charge in [0, 0.05) is 24.3 Å². The van der Waals surface area contributed by atoms with Crippen LogP contribution in [0.5, 0.6) is 5.75 Å². The van der Waals surface area contributed by atoms with Crippen LogP contribution >= 0.6 is 0 Å². The molecule has 0 unspecified atom stereocenters. The summed E-state index contributed by atoms with van der Waals surface area (Å²) in [6.07, 6.45) is 3.47. The van der Waals surface area contributed by atoms with E-state index in [4.69, 9.17) is 13.9 Å². The Bertz CT molecular complexity index is 1290. The number of benzene rings is 2. The van der Waals surface area contributed by atoms with E-state index >= 15 is 0 Å². The van der Waals surface area contributed by atoms with Crippen molar-refractivity contribution in [3.05, 3.63) is 66.7 Å². The lowest BCUT2D eigenvalue weighted by Gasteiger charge is -2.27. The molecule has 0 atom stereocenters. The second kappa shape index (κ2) is 10.4. The van der Waals surface area contributed by atoms with E-state index in [1.807, 2.05) is 59.6 Å². The fourth-order valence-corrected chi connectivity index (χ4v) is 3.89. The molecule has 2 aromatic carbocycles. The number of ether oxygens (including phenoxy) is 2. The first-order chi connectivity index (χ1) is 17.2. The van der Waals surface area contributed by atoms with Gasteiger partial charge in [0.15, 0.2) is 0 Å². The predicted molar refractivity (Wildman–Crippen MR) is 129 cm³/mol. The van der Waals surface area contributed by atoms with E-state index in [1.54, 1.807) is 18.1 Å². The first kappa shape index (κ1) is 22.6. The predicted octanol–water partition coefficient (Wildman–Crippen LogP) is 2.93. The molecular formula is C25H26N6O4. The molecule has 1 saturated heterocycles. The smallest absolute Gasteiger partial charge is 0.242 e. The third kappa shape index (κ3) is 5.33. The second-order valence-electron chi connectivity index (χ2n) is 8.07. The third-order valence-corrected chi connectivity index (χ3v) is 5.72. The van der Waals surface area contributed by atoms with Crippen LogP contribution in [-0.2, 0) is 16.1 Å². The summed E-state index contributed by atoms with van der Waals surface area (Å²) in [5.74, 6) is 1.25. The van der Waals surface area contributed by atoms with Crippen LogP contribution < -0.4 is 10.1 Å². The Kier molecular flexibility index (Phi) is 6.71. The fraction of sp³-hybridized carbons (Fsp3) is 0.280. The average molecular weight is 475 g/mol. The Morgan fingerprint density at radius 3 is 2.86 bits per heavy atom. The van der Waals surface area contributed by atoms with E-state index in [9.17, 15) is 4.79 Å². The van der Waals surface area contributed by atoms with Crippen LogP contribution in [0.25, 0.3) is 22.7 Å². The lowest BCUT2D eigenvalue weighted by atomic mass is 10.1. The minimum Gasteiger partial charge on any atom is -0.496 e. The summed E-state index contributed by atoms with van der Waals surface area (Å²) in [6, 6.07) is 15.3. The molecule has 10 heteroatoms. The van der Waals surface area contributed by atoms with Gasteiger partial charge in [-0.15, -0.1) is 5.10 Å². The molecule has 4 aromatic rings. The zero-order valence-electron chi connectivity index (χ0n) is 19.4. The van der Waals surface area contributed by atoms with Crippen molar-refractivity contribution in [3.63, 3.8) is 0 Å². The minimum absolute atomic E-state index is 0.0600. The summed E-state index contributed by atoms with van der Waals surface area (Å²) in [6.45, 7) is 3.10. The zero-order valence-corrected chi connectivity index (χ0v) is 19.4. The lowest BCUT2D eigenvalue weighted by molar-refractivity contribution is -0.133. The van der Waals surface area contributed by atoms with Gasteiger partial charge in [0.05, 0.1) is 45.2 Å². The third-order valence-electron chi connectivity index (χ3n) is 5.72. The maximum Gasteiger partial charge on any atom is 0.242 e. The number of hydrogen-bond donors (Lipinski definition) is 1. The molecule has 1 aliphatic heterocycles. The summed E-state index contributed by atoms with van der Waals surface area (Å²) in [5, 5.41) is 11.7. The molecule has 0 spiro atoms.